The fraction of sp³-hybridized carbons (Fsp3) is 0.185. The van der Waals surface area contributed by atoms with Gasteiger partial charge in [-0.05, 0) is 44.5 Å². The second-order valence-corrected chi connectivity index (χ2v) is 8.03. The molecule has 1 heterocycles. The minimum Gasteiger partial charge on any atom is -0.455 e. The monoisotopic (exact) mass is 442 g/mol. The molecule has 0 saturated carbocycles. The molecule has 1 amide bonds. The van der Waals surface area contributed by atoms with Crippen LogP contribution in [-0.4, -0.2) is 13.0 Å². The molecule has 0 fully saturated rings. The van der Waals surface area contributed by atoms with Crippen molar-refractivity contribution in [3.63, 3.8) is 0 Å². The van der Waals surface area contributed by atoms with Gasteiger partial charge in [-0.1, -0.05) is 48.5 Å². The van der Waals surface area contributed by atoms with Crippen LogP contribution in [0.4, 0.5) is 5.69 Å². The number of hydrogen-bond donors (Lipinski definition) is 2. The Morgan fingerprint density at radius 3 is 2.42 bits per heavy atom. The van der Waals surface area contributed by atoms with Gasteiger partial charge in [-0.3, -0.25) is 14.4 Å². The van der Waals surface area contributed by atoms with Gasteiger partial charge in [-0.15, -0.1) is 0 Å². The molecule has 6 heteroatoms. The Bertz CT molecular complexity index is 1380. The minimum absolute atomic E-state index is 0.0490. The molecule has 0 unspecified atom stereocenters. The van der Waals surface area contributed by atoms with Crippen molar-refractivity contribution in [2.45, 2.75) is 26.8 Å². The third-order valence-corrected chi connectivity index (χ3v) is 5.63. The lowest BCUT2D eigenvalue weighted by atomic mass is 9.98. The van der Waals surface area contributed by atoms with Crippen molar-refractivity contribution >= 4 is 22.6 Å². The summed E-state index contributed by atoms with van der Waals surface area (Å²) < 4.78 is 6.38. The smallest absolute Gasteiger partial charge is 0.276 e. The van der Waals surface area contributed by atoms with Crippen LogP contribution in [0.15, 0.2) is 75.9 Å². The fourth-order valence-electron chi connectivity index (χ4n) is 4.02. The van der Waals surface area contributed by atoms with E-state index in [2.05, 4.69) is 10.8 Å². The summed E-state index contributed by atoms with van der Waals surface area (Å²) in [6.07, 6.45) is 0. The summed E-state index contributed by atoms with van der Waals surface area (Å²) in [5.41, 5.74) is 7.15. The SMILES string of the molecule is CONC(=O)c1ccccc1N[C@H](C)c1cc(C)cc2c(=O)c(C)c(-c3ccccc3)oc12. The van der Waals surface area contributed by atoms with Crippen molar-refractivity contribution in [2.75, 3.05) is 12.4 Å². The van der Waals surface area contributed by atoms with Crippen molar-refractivity contribution in [3.05, 3.63) is 99.2 Å². The Balaban J connectivity index is 1.84. The van der Waals surface area contributed by atoms with Gasteiger partial charge in [0.15, 0.2) is 5.43 Å². The van der Waals surface area contributed by atoms with Crippen molar-refractivity contribution in [1.29, 1.82) is 0 Å². The topological polar surface area (TPSA) is 80.6 Å². The van der Waals surface area contributed by atoms with Gasteiger partial charge in [0, 0.05) is 22.4 Å². The van der Waals surface area contributed by atoms with E-state index in [1.54, 1.807) is 19.1 Å². The first-order valence-corrected chi connectivity index (χ1v) is 10.7. The summed E-state index contributed by atoms with van der Waals surface area (Å²) in [6.45, 7) is 5.72. The molecule has 0 bridgehead atoms. The summed E-state index contributed by atoms with van der Waals surface area (Å²) in [7, 11) is 1.39. The molecule has 1 aromatic heterocycles. The molecule has 0 aliphatic rings. The molecule has 0 aliphatic carbocycles. The molecule has 2 N–H and O–H groups in total. The van der Waals surface area contributed by atoms with E-state index in [0.29, 0.717) is 33.5 Å². The number of hydrogen-bond acceptors (Lipinski definition) is 5. The third kappa shape index (κ3) is 4.38. The predicted octanol–water partition coefficient (Wildman–Crippen LogP) is 5.54. The van der Waals surface area contributed by atoms with Gasteiger partial charge >= 0.3 is 0 Å². The number of carbonyl (C=O) groups is 1. The van der Waals surface area contributed by atoms with E-state index in [1.165, 1.54) is 7.11 Å². The van der Waals surface area contributed by atoms with Crippen molar-refractivity contribution < 1.29 is 14.0 Å². The summed E-state index contributed by atoms with van der Waals surface area (Å²) in [5.74, 6) is 0.209. The van der Waals surface area contributed by atoms with E-state index in [1.807, 2.05) is 68.4 Å². The lowest BCUT2D eigenvalue weighted by Crippen LogP contribution is -2.23. The summed E-state index contributed by atoms with van der Waals surface area (Å²) in [5, 5.41) is 3.94. The van der Waals surface area contributed by atoms with Gasteiger partial charge < -0.3 is 9.73 Å². The number of carbonyl (C=O) groups excluding carboxylic acids is 1. The highest BCUT2D eigenvalue weighted by Gasteiger charge is 2.20. The van der Waals surface area contributed by atoms with Gasteiger partial charge in [0.2, 0.25) is 0 Å². The zero-order chi connectivity index (χ0) is 23.5. The third-order valence-electron chi connectivity index (χ3n) is 5.63. The first-order chi connectivity index (χ1) is 15.9. The van der Waals surface area contributed by atoms with Crippen molar-refractivity contribution in [1.82, 2.24) is 5.48 Å². The van der Waals surface area contributed by atoms with E-state index in [9.17, 15) is 9.59 Å². The summed E-state index contributed by atoms with van der Waals surface area (Å²) in [4.78, 5) is 30.5. The predicted molar refractivity (Wildman–Crippen MR) is 130 cm³/mol. The molecular formula is C27H26N2O4. The molecule has 1 atom stereocenters. The molecule has 6 nitrogen and oxygen atoms in total. The largest absolute Gasteiger partial charge is 0.455 e. The number of nitrogens with one attached hydrogen (secondary N) is 2. The quantitative estimate of drug-likeness (QED) is 0.383. The van der Waals surface area contributed by atoms with Crippen molar-refractivity contribution in [2.24, 2.45) is 0 Å². The van der Waals surface area contributed by atoms with Crippen LogP contribution in [0.2, 0.25) is 0 Å². The Morgan fingerprint density at radius 2 is 1.70 bits per heavy atom. The van der Waals surface area contributed by atoms with Crippen LogP contribution in [0.1, 0.15) is 40.0 Å². The highest BCUT2D eigenvalue weighted by atomic mass is 16.6. The maximum absolute atomic E-state index is 13.3. The molecule has 0 radical (unpaired) electrons. The maximum Gasteiger partial charge on any atom is 0.276 e. The standard InChI is InChI=1S/C27H26N2O4/c1-16-14-21(18(3)28-23-13-9-8-12-20(23)27(31)29-32-4)26-22(15-16)24(30)17(2)25(33-26)19-10-6-5-7-11-19/h5-15,18,28H,1-4H3,(H,29,31)/t18-/m1/s1. The zero-order valence-corrected chi connectivity index (χ0v) is 19.1. The second-order valence-electron chi connectivity index (χ2n) is 8.03. The molecular weight excluding hydrogens is 416 g/mol. The number of benzene rings is 3. The number of aryl methyl sites for hydroxylation is 1. The zero-order valence-electron chi connectivity index (χ0n) is 19.1. The molecule has 0 spiro atoms. The Kier molecular flexibility index (Phi) is 6.29. The van der Waals surface area contributed by atoms with E-state index in [0.717, 1.165) is 16.7 Å². The van der Waals surface area contributed by atoms with Crippen LogP contribution in [0, 0.1) is 13.8 Å². The van der Waals surface area contributed by atoms with Crippen LogP contribution >= 0.6 is 0 Å². The minimum atomic E-state index is -0.351. The van der Waals surface area contributed by atoms with E-state index in [4.69, 9.17) is 9.25 Å². The van der Waals surface area contributed by atoms with E-state index >= 15 is 0 Å². The van der Waals surface area contributed by atoms with Crippen LogP contribution in [0.3, 0.4) is 0 Å². The van der Waals surface area contributed by atoms with Crippen LogP contribution in [-0.2, 0) is 4.84 Å². The molecule has 33 heavy (non-hydrogen) atoms. The van der Waals surface area contributed by atoms with Gasteiger partial charge in [-0.2, -0.15) is 0 Å². The number of fused-ring (bicyclic) bond motifs is 1. The molecule has 4 rings (SSSR count). The molecule has 0 aliphatic heterocycles. The van der Waals surface area contributed by atoms with Crippen LogP contribution in [0.25, 0.3) is 22.3 Å². The number of hydroxylamine groups is 1. The molecule has 0 saturated heterocycles. The first kappa shape index (κ1) is 22.3. The lowest BCUT2D eigenvalue weighted by Gasteiger charge is -2.20. The highest BCUT2D eigenvalue weighted by Crippen LogP contribution is 2.32. The van der Waals surface area contributed by atoms with Crippen LogP contribution < -0.4 is 16.2 Å². The van der Waals surface area contributed by atoms with Crippen molar-refractivity contribution in [3.8, 4) is 11.3 Å². The number of anilines is 1. The van der Waals surface area contributed by atoms with E-state index < -0.39 is 0 Å². The fourth-order valence-corrected chi connectivity index (χ4v) is 4.02. The molecule has 3 aromatic carbocycles. The lowest BCUT2D eigenvalue weighted by molar-refractivity contribution is 0.0538. The summed E-state index contributed by atoms with van der Waals surface area (Å²) in [6, 6.07) is 20.4. The van der Waals surface area contributed by atoms with Gasteiger partial charge in [0.1, 0.15) is 11.3 Å². The normalized spacial score (nSPS) is 11.9. The number of rotatable bonds is 6. The van der Waals surface area contributed by atoms with E-state index in [-0.39, 0.29) is 17.4 Å². The second kappa shape index (κ2) is 9.30. The summed E-state index contributed by atoms with van der Waals surface area (Å²) >= 11 is 0. The highest BCUT2D eigenvalue weighted by molar-refractivity contribution is 5.99. The number of para-hydroxylation sites is 1. The molecule has 168 valence electrons. The molecule has 4 aromatic rings. The van der Waals surface area contributed by atoms with Gasteiger partial charge in [-0.25, -0.2) is 5.48 Å². The Hall–Kier alpha value is -3.90. The van der Waals surface area contributed by atoms with Gasteiger partial charge in [0.25, 0.3) is 5.91 Å². The Labute approximate surface area is 192 Å². The van der Waals surface area contributed by atoms with Gasteiger partial charge in [0.05, 0.1) is 24.1 Å². The average Bonchev–Trinajstić information content (AvgIpc) is 2.82. The Morgan fingerprint density at radius 1 is 1.00 bits per heavy atom. The number of amides is 1. The first-order valence-electron chi connectivity index (χ1n) is 10.7. The van der Waals surface area contributed by atoms with Crippen LogP contribution in [0.5, 0.6) is 0 Å². The maximum atomic E-state index is 13.3. The average molecular weight is 443 g/mol.